The largest absolute Gasteiger partial charge is 0.484 e. The third kappa shape index (κ3) is 4.32. The average Bonchev–Trinajstić information content (AvgIpc) is 3.16. The lowest BCUT2D eigenvalue weighted by Gasteiger charge is -2.13. The molecule has 3 aromatic rings. The van der Waals surface area contributed by atoms with E-state index in [-0.39, 0.29) is 18.3 Å². The van der Waals surface area contributed by atoms with Crippen molar-refractivity contribution in [1.82, 2.24) is 4.57 Å². The number of ether oxygens (including phenoxy) is 1. The van der Waals surface area contributed by atoms with Crippen LogP contribution in [0.2, 0.25) is 5.02 Å². The van der Waals surface area contributed by atoms with Crippen molar-refractivity contribution in [3.05, 3.63) is 77.6 Å². The summed E-state index contributed by atoms with van der Waals surface area (Å²) in [6.07, 6.45) is 3.73. The third-order valence-corrected chi connectivity index (χ3v) is 3.96. The Morgan fingerprint density at radius 3 is 2.58 bits per heavy atom. The zero-order valence-electron chi connectivity index (χ0n) is 14.1. The van der Waals surface area contributed by atoms with Crippen molar-refractivity contribution in [1.29, 1.82) is 0 Å². The second-order valence-corrected chi connectivity index (χ2v) is 6.11. The Hall–Kier alpha value is -3.05. The predicted octanol–water partition coefficient (Wildman–Crippen LogP) is 4.35. The van der Waals surface area contributed by atoms with Gasteiger partial charge in [-0.1, -0.05) is 23.7 Å². The molecule has 0 saturated heterocycles. The molecule has 0 fully saturated rings. The van der Waals surface area contributed by atoms with E-state index in [4.69, 9.17) is 16.3 Å². The van der Waals surface area contributed by atoms with Crippen LogP contribution in [0.5, 0.6) is 5.75 Å². The fourth-order valence-electron chi connectivity index (χ4n) is 2.46. The van der Waals surface area contributed by atoms with Gasteiger partial charge in [0.15, 0.2) is 12.4 Å². The number of carbonyl (C=O) groups is 2. The lowest BCUT2D eigenvalue weighted by molar-refractivity contribution is -0.118. The SMILES string of the molecule is CC(=O)c1cccc(OCC(=O)Nc2ccc(Cl)cc2-n2cccc2)c1. The molecular formula is C20H17ClN2O3. The summed E-state index contributed by atoms with van der Waals surface area (Å²) in [5.74, 6) is 0.0981. The van der Waals surface area contributed by atoms with Gasteiger partial charge < -0.3 is 14.6 Å². The highest BCUT2D eigenvalue weighted by atomic mass is 35.5. The molecule has 3 rings (SSSR count). The van der Waals surface area contributed by atoms with E-state index in [1.54, 1.807) is 42.5 Å². The summed E-state index contributed by atoms with van der Waals surface area (Å²) in [4.78, 5) is 23.7. The zero-order chi connectivity index (χ0) is 18.5. The van der Waals surface area contributed by atoms with Crippen LogP contribution in [0, 0.1) is 0 Å². The molecule has 1 aromatic heterocycles. The van der Waals surface area contributed by atoms with Crippen LogP contribution in [0.1, 0.15) is 17.3 Å². The van der Waals surface area contributed by atoms with Gasteiger partial charge in [0.2, 0.25) is 0 Å². The highest BCUT2D eigenvalue weighted by Crippen LogP contribution is 2.24. The minimum atomic E-state index is -0.311. The maximum atomic E-state index is 12.3. The Bertz CT molecular complexity index is 936. The van der Waals surface area contributed by atoms with Crippen LogP contribution in [-0.2, 0) is 4.79 Å². The van der Waals surface area contributed by atoms with E-state index in [0.717, 1.165) is 5.69 Å². The van der Waals surface area contributed by atoms with Crippen LogP contribution in [-0.4, -0.2) is 22.9 Å². The minimum absolute atomic E-state index is 0.0579. The lowest BCUT2D eigenvalue weighted by atomic mass is 10.1. The maximum absolute atomic E-state index is 12.3. The van der Waals surface area contributed by atoms with Gasteiger partial charge in [-0.15, -0.1) is 0 Å². The fraction of sp³-hybridized carbons (Fsp3) is 0.100. The van der Waals surface area contributed by atoms with Crippen molar-refractivity contribution in [3.8, 4) is 11.4 Å². The molecule has 132 valence electrons. The Kier molecular flexibility index (Phi) is 5.39. The molecule has 6 heteroatoms. The molecule has 0 aliphatic heterocycles. The highest BCUT2D eigenvalue weighted by molar-refractivity contribution is 6.31. The normalized spacial score (nSPS) is 10.4. The molecule has 0 aliphatic rings. The second kappa shape index (κ2) is 7.89. The molecule has 2 aromatic carbocycles. The van der Waals surface area contributed by atoms with Gasteiger partial charge in [-0.3, -0.25) is 9.59 Å². The molecule has 1 heterocycles. The number of hydrogen-bond acceptors (Lipinski definition) is 3. The molecule has 0 spiro atoms. The first-order chi connectivity index (χ1) is 12.5. The van der Waals surface area contributed by atoms with Crippen molar-refractivity contribution < 1.29 is 14.3 Å². The van der Waals surface area contributed by atoms with Crippen molar-refractivity contribution >= 4 is 29.0 Å². The lowest BCUT2D eigenvalue weighted by Crippen LogP contribution is -2.21. The summed E-state index contributed by atoms with van der Waals surface area (Å²) in [6.45, 7) is 1.31. The summed E-state index contributed by atoms with van der Waals surface area (Å²) in [6, 6.07) is 15.7. The number of anilines is 1. The zero-order valence-corrected chi connectivity index (χ0v) is 14.9. The van der Waals surface area contributed by atoms with Crippen LogP contribution < -0.4 is 10.1 Å². The third-order valence-electron chi connectivity index (χ3n) is 3.73. The van der Waals surface area contributed by atoms with Crippen molar-refractivity contribution in [2.24, 2.45) is 0 Å². The van der Waals surface area contributed by atoms with Crippen LogP contribution in [0.4, 0.5) is 5.69 Å². The number of ketones is 1. The van der Waals surface area contributed by atoms with E-state index in [1.807, 2.05) is 29.1 Å². The van der Waals surface area contributed by atoms with E-state index in [9.17, 15) is 9.59 Å². The number of carbonyl (C=O) groups excluding carboxylic acids is 2. The average molecular weight is 369 g/mol. The van der Waals surface area contributed by atoms with E-state index >= 15 is 0 Å². The molecule has 1 N–H and O–H groups in total. The minimum Gasteiger partial charge on any atom is -0.484 e. The molecule has 0 radical (unpaired) electrons. The number of Topliss-reactive ketones (excluding diaryl/α,β-unsaturated/α-hetero) is 1. The number of hydrogen-bond donors (Lipinski definition) is 1. The molecule has 26 heavy (non-hydrogen) atoms. The number of halogens is 1. The summed E-state index contributed by atoms with van der Waals surface area (Å²) >= 11 is 6.07. The van der Waals surface area contributed by atoms with Crippen molar-refractivity contribution in [2.75, 3.05) is 11.9 Å². The molecule has 0 aliphatic carbocycles. The van der Waals surface area contributed by atoms with Gasteiger partial charge in [-0.2, -0.15) is 0 Å². The molecular weight excluding hydrogens is 352 g/mol. The molecule has 1 amide bonds. The van der Waals surface area contributed by atoms with Gasteiger partial charge in [-0.25, -0.2) is 0 Å². The topological polar surface area (TPSA) is 60.3 Å². The van der Waals surface area contributed by atoms with Crippen LogP contribution in [0.3, 0.4) is 0 Å². The van der Waals surface area contributed by atoms with Crippen molar-refractivity contribution in [3.63, 3.8) is 0 Å². The summed E-state index contributed by atoms with van der Waals surface area (Å²) < 4.78 is 7.35. The molecule has 0 atom stereocenters. The second-order valence-electron chi connectivity index (χ2n) is 5.67. The van der Waals surface area contributed by atoms with Gasteiger partial charge in [0, 0.05) is 23.0 Å². The number of rotatable bonds is 6. The molecule has 0 saturated carbocycles. The Morgan fingerprint density at radius 1 is 1.08 bits per heavy atom. The smallest absolute Gasteiger partial charge is 0.262 e. The Morgan fingerprint density at radius 2 is 1.85 bits per heavy atom. The van der Waals surface area contributed by atoms with Gasteiger partial charge >= 0.3 is 0 Å². The van der Waals surface area contributed by atoms with Gasteiger partial charge in [-0.05, 0) is 49.4 Å². The monoisotopic (exact) mass is 368 g/mol. The molecule has 0 unspecified atom stereocenters. The van der Waals surface area contributed by atoms with Crippen LogP contribution in [0.15, 0.2) is 67.0 Å². The predicted molar refractivity (Wildman–Crippen MR) is 101 cm³/mol. The van der Waals surface area contributed by atoms with Gasteiger partial charge in [0.05, 0.1) is 11.4 Å². The van der Waals surface area contributed by atoms with Crippen LogP contribution >= 0.6 is 11.6 Å². The number of aromatic nitrogens is 1. The van der Waals surface area contributed by atoms with E-state index in [0.29, 0.717) is 22.0 Å². The summed E-state index contributed by atoms with van der Waals surface area (Å²) in [7, 11) is 0. The molecule has 0 bridgehead atoms. The highest BCUT2D eigenvalue weighted by Gasteiger charge is 2.10. The summed E-state index contributed by atoms with van der Waals surface area (Å²) in [5.41, 5.74) is 1.92. The number of benzene rings is 2. The number of amides is 1. The first kappa shape index (κ1) is 17.8. The van der Waals surface area contributed by atoms with Crippen LogP contribution in [0.25, 0.3) is 5.69 Å². The first-order valence-corrected chi connectivity index (χ1v) is 8.37. The van der Waals surface area contributed by atoms with E-state index in [2.05, 4.69) is 5.32 Å². The Balaban J connectivity index is 1.69. The van der Waals surface area contributed by atoms with E-state index < -0.39 is 0 Å². The van der Waals surface area contributed by atoms with Gasteiger partial charge in [0.1, 0.15) is 5.75 Å². The first-order valence-electron chi connectivity index (χ1n) is 7.99. The van der Waals surface area contributed by atoms with Gasteiger partial charge in [0.25, 0.3) is 5.91 Å². The number of nitrogens with one attached hydrogen (secondary N) is 1. The quantitative estimate of drug-likeness (QED) is 0.658. The number of nitrogens with zero attached hydrogens (tertiary/aromatic N) is 1. The van der Waals surface area contributed by atoms with E-state index in [1.165, 1.54) is 6.92 Å². The Labute approximate surface area is 156 Å². The standard InChI is InChI=1S/C20H17ClN2O3/c1-14(24)15-5-4-6-17(11-15)26-13-20(25)22-18-8-7-16(21)12-19(18)23-9-2-3-10-23/h2-12H,13H2,1H3,(H,22,25). The van der Waals surface area contributed by atoms with Crippen molar-refractivity contribution in [2.45, 2.75) is 6.92 Å². The maximum Gasteiger partial charge on any atom is 0.262 e. The summed E-state index contributed by atoms with van der Waals surface area (Å²) in [5, 5.41) is 3.40. The fourth-order valence-corrected chi connectivity index (χ4v) is 2.63. The molecule has 5 nitrogen and oxygen atoms in total.